The van der Waals surface area contributed by atoms with E-state index < -0.39 is 9.84 Å². The molecule has 1 aliphatic carbocycles. The smallest absolute Gasteiger partial charge is 0.277 e. The van der Waals surface area contributed by atoms with Gasteiger partial charge < -0.3 is 5.32 Å². The molecule has 1 amide bonds. The first-order valence-corrected chi connectivity index (χ1v) is 9.89. The van der Waals surface area contributed by atoms with Gasteiger partial charge in [0.1, 0.15) is 5.82 Å². The van der Waals surface area contributed by atoms with E-state index in [9.17, 15) is 13.2 Å². The van der Waals surface area contributed by atoms with E-state index >= 15 is 0 Å². The van der Waals surface area contributed by atoms with Gasteiger partial charge in [0.2, 0.25) is 0 Å². The fraction of sp³-hybridized carbons (Fsp3) is 0.533. The van der Waals surface area contributed by atoms with E-state index in [4.69, 9.17) is 0 Å². The van der Waals surface area contributed by atoms with Crippen molar-refractivity contribution in [2.45, 2.75) is 38.6 Å². The maximum atomic E-state index is 12.6. The monoisotopic (exact) mass is 349 g/mol. The number of aryl methyl sites for hydroxylation is 2. The van der Waals surface area contributed by atoms with Crippen molar-refractivity contribution in [2.24, 2.45) is 0 Å². The van der Waals surface area contributed by atoms with Crippen molar-refractivity contribution in [1.29, 1.82) is 0 Å². The van der Waals surface area contributed by atoms with Crippen LogP contribution >= 0.6 is 0 Å². The summed E-state index contributed by atoms with van der Waals surface area (Å²) >= 11 is 0. The lowest BCUT2D eigenvalue weighted by molar-refractivity contribution is 0.102. The lowest BCUT2D eigenvalue weighted by atomic mass is 10.2. The molecular formula is C15H19N5O3S. The van der Waals surface area contributed by atoms with Gasteiger partial charge in [-0.2, -0.15) is 10.2 Å². The van der Waals surface area contributed by atoms with Crippen LogP contribution in [0.5, 0.6) is 0 Å². The van der Waals surface area contributed by atoms with Crippen LogP contribution in [0.2, 0.25) is 0 Å². The summed E-state index contributed by atoms with van der Waals surface area (Å²) in [5.41, 5.74) is 3.18. The SMILES string of the molecule is Cc1cc(NC(=O)c2n[nH]c3c2CCC3)n([C@H]2CCS(=O)(=O)C2)n1. The Morgan fingerprint density at radius 2 is 2.25 bits per heavy atom. The molecule has 3 heterocycles. The number of nitrogens with zero attached hydrogens (tertiary/aromatic N) is 3. The van der Waals surface area contributed by atoms with Gasteiger partial charge in [0.15, 0.2) is 15.5 Å². The van der Waals surface area contributed by atoms with Gasteiger partial charge in [-0.1, -0.05) is 0 Å². The molecule has 8 nitrogen and oxygen atoms in total. The second-order valence-corrected chi connectivity index (χ2v) is 8.74. The highest BCUT2D eigenvalue weighted by Crippen LogP contribution is 2.28. The van der Waals surface area contributed by atoms with E-state index in [-0.39, 0.29) is 23.5 Å². The van der Waals surface area contributed by atoms with Crippen molar-refractivity contribution in [1.82, 2.24) is 20.0 Å². The maximum Gasteiger partial charge on any atom is 0.277 e. The van der Waals surface area contributed by atoms with Crippen LogP contribution in [-0.4, -0.2) is 45.8 Å². The largest absolute Gasteiger partial charge is 0.305 e. The lowest BCUT2D eigenvalue weighted by Gasteiger charge is -2.13. The molecule has 24 heavy (non-hydrogen) atoms. The van der Waals surface area contributed by atoms with Crippen molar-refractivity contribution in [3.63, 3.8) is 0 Å². The van der Waals surface area contributed by atoms with E-state index in [0.29, 0.717) is 17.9 Å². The van der Waals surface area contributed by atoms with Crippen LogP contribution in [0, 0.1) is 6.92 Å². The molecule has 2 N–H and O–H groups in total. The summed E-state index contributed by atoms with van der Waals surface area (Å²) in [6.07, 6.45) is 3.32. The Hall–Kier alpha value is -2.16. The van der Waals surface area contributed by atoms with Gasteiger partial charge >= 0.3 is 0 Å². The number of H-pyrrole nitrogens is 1. The van der Waals surface area contributed by atoms with Crippen LogP contribution < -0.4 is 5.32 Å². The number of aromatic amines is 1. The minimum absolute atomic E-state index is 0.0643. The van der Waals surface area contributed by atoms with Gasteiger partial charge in [-0.3, -0.25) is 9.89 Å². The molecule has 2 aromatic heterocycles. The van der Waals surface area contributed by atoms with Gasteiger partial charge in [-0.25, -0.2) is 13.1 Å². The highest BCUT2D eigenvalue weighted by molar-refractivity contribution is 7.91. The number of carbonyl (C=O) groups excluding carboxylic acids is 1. The molecule has 128 valence electrons. The van der Waals surface area contributed by atoms with Crippen LogP contribution in [-0.2, 0) is 22.7 Å². The van der Waals surface area contributed by atoms with Crippen molar-refractivity contribution < 1.29 is 13.2 Å². The van der Waals surface area contributed by atoms with Gasteiger partial charge in [-0.15, -0.1) is 0 Å². The number of fused-ring (bicyclic) bond motifs is 1. The molecule has 2 aliphatic rings. The number of sulfone groups is 1. The van der Waals surface area contributed by atoms with Crippen LogP contribution in [0.15, 0.2) is 6.07 Å². The zero-order chi connectivity index (χ0) is 16.9. The third-order valence-corrected chi connectivity index (χ3v) is 6.43. The number of hydrogen-bond donors (Lipinski definition) is 2. The first-order valence-electron chi connectivity index (χ1n) is 8.07. The lowest BCUT2D eigenvalue weighted by Crippen LogP contribution is -2.20. The molecule has 1 aliphatic heterocycles. The van der Waals surface area contributed by atoms with Gasteiger partial charge in [0.05, 0.1) is 23.2 Å². The van der Waals surface area contributed by atoms with E-state index in [1.165, 1.54) is 0 Å². The van der Waals surface area contributed by atoms with Crippen LogP contribution in [0.3, 0.4) is 0 Å². The molecule has 0 radical (unpaired) electrons. The highest BCUT2D eigenvalue weighted by atomic mass is 32.2. The number of anilines is 1. The zero-order valence-electron chi connectivity index (χ0n) is 13.4. The normalized spacial score (nSPS) is 21.8. The van der Waals surface area contributed by atoms with Crippen LogP contribution in [0.1, 0.15) is 46.3 Å². The Labute approximate surface area is 139 Å². The average Bonchev–Trinajstić information content (AvgIpc) is 3.22. The third kappa shape index (κ3) is 2.62. The summed E-state index contributed by atoms with van der Waals surface area (Å²) in [7, 11) is -3.02. The molecule has 1 saturated heterocycles. The molecule has 0 spiro atoms. The summed E-state index contributed by atoms with van der Waals surface area (Å²) in [5.74, 6) is 0.469. The molecule has 0 bridgehead atoms. The zero-order valence-corrected chi connectivity index (χ0v) is 14.2. The van der Waals surface area contributed by atoms with Crippen LogP contribution in [0.4, 0.5) is 5.82 Å². The predicted molar refractivity (Wildman–Crippen MR) is 87.8 cm³/mol. The van der Waals surface area contributed by atoms with Crippen molar-refractivity contribution in [3.05, 3.63) is 28.7 Å². The third-order valence-electron chi connectivity index (χ3n) is 4.68. The molecule has 4 rings (SSSR count). The average molecular weight is 349 g/mol. The van der Waals surface area contributed by atoms with Crippen molar-refractivity contribution in [2.75, 3.05) is 16.8 Å². The predicted octanol–water partition coefficient (Wildman–Crippen LogP) is 1.02. The van der Waals surface area contributed by atoms with Crippen molar-refractivity contribution in [3.8, 4) is 0 Å². The Morgan fingerprint density at radius 1 is 1.42 bits per heavy atom. The number of hydrogen-bond acceptors (Lipinski definition) is 5. The molecule has 0 aromatic carbocycles. The minimum Gasteiger partial charge on any atom is -0.305 e. The number of aromatic nitrogens is 4. The second-order valence-electron chi connectivity index (χ2n) is 6.51. The van der Waals surface area contributed by atoms with E-state index in [1.54, 1.807) is 10.7 Å². The standard InChI is InChI=1S/C15H19N5O3S/c1-9-7-13(20(19-9)10-5-6-24(22,23)8-10)16-15(21)14-11-3-2-4-12(11)17-18-14/h7,10H,2-6,8H2,1H3,(H,16,21)(H,17,18)/t10-/m0/s1. The summed E-state index contributed by atoms with van der Waals surface area (Å²) in [6.45, 7) is 1.82. The molecule has 1 atom stereocenters. The summed E-state index contributed by atoms with van der Waals surface area (Å²) in [4.78, 5) is 12.6. The molecule has 0 saturated carbocycles. The van der Waals surface area contributed by atoms with E-state index in [2.05, 4.69) is 20.6 Å². The molecule has 0 unspecified atom stereocenters. The topological polar surface area (TPSA) is 110 Å². The number of carbonyl (C=O) groups is 1. The molecule has 9 heteroatoms. The summed E-state index contributed by atoms with van der Waals surface area (Å²) < 4.78 is 25.1. The van der Waals surface area contributed by atoms with Gasteiger partial charge in [0, 0.05) is 17.3 Å². The quantitative estimate of drug-likeness (QED) is 0.859. The number of rotatable bonds is 3. The molecule has 1 fully saturated rings. The van der Waals surface area contributed by atoms with E-state index in [0.717, 1.165) is 36.2 Å². The molecule has 2 aromatic rings. The fourth-order valence-electron chi connectivity index (χ4n) is 3.54. The Balaban J connectivity index is 1.60. The highest BCUT2D eigenvalue weighted by Gasteiger charge is 2.32. The summed E-state index contributed by atoms with van der Waals surface area (Å²) in [5, 5.41) is 14.3. The first-order chi connectivity index (χ1) is 11.4. The number of nitrogens with one attached hydrogen (secondary N) is 2. The fourth-order valence-corrected chi connectivity index (χ4v) is 5.23. The van der Waals surface area contributed by atoms with Gasteiger partial charge in [0.25, 0.3) is 5.91 Å². The van der Waals surface area contributed by atoms with Crippen LogP contribution in [0.25, 0.3) is 0 Å². The molecular weight excluding hydrogens is 330 g/mol. The maximum absolute atomic E-state index is 12.6. The number of amides is 1. The second kappa shape index (κ2) is 5.44. The Bertz CT molecular complexity index is 912. The summed E-state index contributed by atoms with van der Waals surface area (Å²) in [6, 6.07) is 1.53. The Morgan fingerprint density at radius 3 is 3.00 bits per heavy atom. The Kier molecular flexibility index (Phi) is 3.48. The minimum atomic E-state index is -3.02. The van der Waals surface area contributed by atoms with Gasteiger partial charge in [-0.05, 0) is 32.6 Å². The first kappa shape index (κ1) is 15.4. The van der Waals surface area contributed by atoms with E-state index in [1.807, 2.05) is 6.92 Å². The van der Waals surface area contributed by atoms with Crippen molar-refractivity contribution >= 4 is 21.6 Å².